The summed E-state index contributed by atoms with van der Waals surface area (Å²) in [6.07, 6.45) is -2.44. The monoisotopic (exact) mass is 424 g/mol. The Hall–Kier alpha value is -3.02. The Morgan fingerprint density at radius 3 is 2.07 bits per heavy atom. The van der Waals surface area contributed by atoms with Gasteiger partial charge in [-0.1, -0.05) is 30.3 Å². The van der Waals surface area contributed by atoms with E-state index in [1.165, 1.54) is 13.8 Å². The molecule has 0 aliphatic carbocycles. The zero-order valence-electron chi connectivity index (χ0n) is 16.7. The first kappa shape index (κ1) is 25.0. The standard InChI is InChI=1S/C19H28N4O7/c1-10(24)15(20)17(27)23-16(11(2)25)18(28)21-9-14(26)22-13(19(29)30)8-12-6-4-3-5-7-12/h3-7,10-11,13,15-16,24-25H,8-9,20H2,1-2H3,(H,21,28)(H,22,26)(H,23,27)(H,29,30). The molecule has 1 aromatic rings. The lowest BCUT2D eigenvalue weighted by Crippen LogP contribution is -2.58. The van der Waals surface area contributed by atoms with Crippen molar-refractivity contribution >= 4 is 23.7 Å². The molecule has 0 saturated carbocycles. The minimum Gasteiger partial charge on any atom is -0.480 e. The van der Waals surface area contributed by atoms with Crippen LogP contribution in [-0.4, -0.2) is 75.9 Å². The molecular formula is C19H28N4O7. The molecule has 30 heavy (non-hydrogen) atoms. The lowest BCUT2D eigenvalue weighted by atomic mass is 10.1. The average Bonchev–Trinajstić information content (AvgIpc) is 2.69. The van der Waals surface area contributed by atoms with Crippen molar-refractivity contribution in [1.82, 2.24) is 16.0 Å². The molecule has 0 bridgehead atoms. The quantitative estimate of drug-likeness (QED) is 0.202. The number of hydrogen-bond donors (Lipinski definition) is 7. The van der Waals surface area contributed by atoms with Gasteiger partial charge in [0.05, 0.1) is 18.8 Å². The van der Waals surface area contributed by atoms with Crippen molar-refractivity contribution < 1.29 is 34.5 Å². The number of benzene rings is 1. The SMILES string of the molecule is CC(O)C(N)C(=O)NC(C(=O)NCC(=O)NC(Cc1ccccc1)C(=O)O)C(C)O. The van der Waals surface area contributed by atoms with Crippen molar-refractivity contribution in [3.05, 3.63) is 35.9 Å². The van der Waals surface area contributed by atoms with E-state index in [4.69, 9.17) is 5.73 Å². The summed E-state index contributed by atoms with van der Waals surface area (Å²) >= 11 is 0. The Kier molecular flexibility index (Phi) is 9.89. The van der Waals surface area contributed by atoms with Gasteiger partial charge in [0.25, 0.3) is 0 Å². The Balaban J connectivity index is 2.64. The fourth-order valence-electron chi connectivity index (χ4n) is 2.45. The number of nitrogens with two attached hydrogens (primary N) is 1. The lowest BCUT2D eigenvalue weighted by Gasteiger charge is -2.23. The predicted octanol–water partition coefficient (Wildman–Crippen LogP) is -2.51. The third-order valence-electron chi connectivity index (χ3n) is 4.22. The van der Waals surface area contributed by atoms with Gasteiger partial charge in [-0.25, -0.2) is 4.79 Å². The summed E-state index contributed by atoms with van der Waals surface area (Å²) in [6, 6.07) is 4.77. The van der Waals surface area contributed by atoms with Crippen LogP contribution in [0.3, 0.4) is 0 Å². The summed E-state index contributed by atoms with van der Waals surface area (Å²) < 4.78 is 0. The maximum absolute atomic E-state index is 12.2. The van der Waals surface area contributed by atoms with Crippen LogP contribution in [0.2, 0.25) is 0 Å². The largest absolute Gasteiger partial charge is 0.480 e. The highest BCUT2D eigenvalue weighted by molar-refractivity contribution is 5.93. The second-order valence-corrected chi connectivity index (χ2v) is 6.86. The van der Waals surface area contributed by atoms with Gasteiger partial charge in [-0.15, -0.1) is 0 Å². The maximum Gasteiger partial charge on any atom is 0.326 e. The lowest BCUT2D eigenvalue weighted by molar-refractivity contribution is -0.141. The number of nitrogens with one attached hydrogen (secondary N) is 3. The summed E-state index contributed by atoms with van der Waals surface area (Å²) in [4.78, 5) is 47.6. The Morgan fingerprint density at radius 2 is 1.57 bits per heavy atom. The van der Waals surface area contributed by atoms with Crippen LogP contribution in [0.5, 0.6) is 0 Å². The summed E-state index contributed by atoms with van der Waals surface area (Å²) in [6.45, 7) is 1.97. The molecule has 1 aromatic carbocycles. The molecule has 0 heterocycles. The number of hydrogen-bond acceptors (Lipinski definition) is 7. The summed E-state index contributed by atoms with van der Waals surface area (Å²) in [5, 5.41) is 35.1. The van der Waals surface area contributed by atoms with Gasteiger partial charge < -0.3 is 37.0 Å². The Bertz CT molecular complexity index is 740. The highest BCUT2D eigenvalue weighted by atomic mass is 16.4. The fourth-order valence-corrected chi connectivity index (χ4v) is 2.45. The van der Waals surface area contributed by atoms with Gasteiger partial charge in [0.2, 0.25) is 17.7 Å². The Labute approximate surface area is 173 Å². The van der Waals surface area contributed by atoms with Crippen molar-refractivity contribution in [1.29, 1.82) is 0 Å². The smallest absolute Gasteiger partial charge is 0.326 e. The molecule has 0 spiro atoms. The number of carbonyl (C=O) groups excluding carboxylic acids is 3. The molecule has 0 aliphatic heterocycles. The molecule has 8 N–H and O–H groups in total. The van der Waals surface area contributed by atoms with Crippen molar-refractivity contribution in [2.75, 3.05) is 6.54 Å². The van der Waals surface area contributed by atoms with Gasteiger partial charge in [0.1, 0.15) is 18.1 Å². The van der Waals surface area contributed by atoms with Crippen molar-refractivity contribution in [3.63, 3.8) is 0 Å². The van der Waals surface area contributed by atoms with Gasteiger partial charge in [0, 0.05) is 6.42 Å². The first-order valence-corrected chi connectivity index (χ1v) is 9.28. The molecule has 11 nitrogen and oxygen atoms in total. The molecule has 1 rings (SSSR count). The van der Waals surface area contributed by atoms with Crippen molar-refractivity contribution in [3.8, 4) is 0 Å². The second kappa shape index (κ2) is 11.9. The summed E-state index contributed by atoms with van der Waals surface area (Å²) in [5.41, 5.74) is 6.19. The number of aliphatic carboxylic acids is 1. The van der Waals surface area contributed by atoms with Crippen LogP contribution < -0.4 is 21.7 Å². The number of aliphatic hydroxyl groups is 2. The highest BCUT2D eigenvalue weighted by Crippen LogP contribution is 2.03. The van der Waals surface area contributed by atoms with E-state index in [-0.39, 0.29) is 6.42 Å². The van der Waals surface area contributed by atoms with Crippen LogP contribution in [0, 0.1) is 0 Å². The number of carbonyl (C=O) groups is 4. The van der Waals surface area contributed by atoms with E-state index in [0.717, 1.165) is 0 Å². The number of carboxylic acid groups (broad SMARTS) is 1. The zero-order chi connectivity index (χ0) is 22.8. The molecule has 0 aromatic heterocycles. The maximum atomic E-state index is 12.2. The van der Waals surface area contributed by atoms with Crippen LogP contribution in [-0.2, 0) is 25.6 Å². The van der Waals surface area contributed by atoms with E-state index >= 15 is 0 Å². The summed E-state index contributed by atoms with van der Waals surface area (Å²) in [5.74, 6) is -3.73. The molecule has 0 saturated heterocycles. The summed E-state index contributed by atoms with van der Waals surface area (Å²) in [7, 11) is 0. The highest BCUT2D eigenvalue weighted by Gasteiger charge is 2.29. The van der Waals surface area contributed by atoms with Crippen LogP contribution in [0.1, 0.15) is 19.4 Å². The van der Waals surface area contributed by atoms with E-state index in [0.29, 0.717) is 5.56 Å². The Morgan fingerprint density at radius 1 is 0.967 bits per heavy atom. The molecule has 0 fully saturated rings. The van der Waals surface area contributed by atoms with E-state index in [1.807, 2.05) is 0 Å². The molecule has 3 amide bonds. The average molecular weight is 424 g/mol. The van der Waals surface area contributed by atoms with Crippen molar-refractivity contribution in [2.45, 2.75) is 50.6 Å². The van der Waals surface area contributed by atoms with E-state index < -0.39 is 60.6 Å². The zero-order valence-corrected chi connectivity index (χ0v) is 16.7. The minimum absolute atomic E-state index is 0.0550. The molecule has 166 valence electrons. The normalized spacial score (nSPS) is 15.8. The van der Waals surface area contributed by atoms with Gasteiger partial charge in [-0.3, -0.25) is 14.4 Å². The topological polar surface area (TPSA) is 191 Å². The third-order valence-corrected chi connectivity index (χ3v) is 4.22. The number of carboxylic acids is 1. The fraction of sp³-hybridized carbons (Fsp3) is 0.474. The molecular weight excluding hydrogens is 396 g/mol. The van der Waals surface area contributed by atoms with Crippen LogP contribution in [0.4, 0.5) is 0 Å². The number of rotatable bonds is 11. The molecule has 5 unspecified atom stereocenters. The van der Waals surface area contributed by atoms with Crippen molar-refractivity contribution in [2.24, 2.45) is 5.73 Å². The van der Waals surface area contributed by atoms with Gasteiger partial charge >= 0.3 is 5.97 Å². The second-order valence-electron chi connectivity index (χ2n) is 6.86. The van der Waals surface area contributed by atoms with Crippen LogP contribution >= 0.6 is 0 Å². The van der Waals surface area contributed by atoms with Crippen LogP contribution in [0.15, 0.2) is 30.3 Å². The van der Waals surface area contributed by atoms with Gasteiger partial charge in [-0.05, 0) is 19.4 Å². The first-order valence-electron chi connectivity index (χ1n) is 9.28. The van der Waals surface area contributed by atoms with E-state index in [1.54, 1.807) is 30.3 Å². The molecule has 0 radical (unpaired) electrons. The minimum atomic E-state index is -1.42. The third kappa shape index (κ3) is 8.15. The van der Waals surface area contributed by atoms with Gasteiger partial charge in [-0.2, -0.15) is 0 Å². The molecule has 5 atom stereocenters. The van der Waals surface area contributed by atoms with Crippen LogP contribution in [0.25, 0.3) is 0 Å². The number of aliphatic hydroxyl groups excluding tert-OH is 2. The predicted molar refractivity (Wildman–Crippen MR) is 106 cm³/mol. The van der Waals surface area contributed by atoms with Gasteiger partial charge in [0.15, 0.2) is 0 Å². The molecule has 11 heteroatoms. The van der Waals surface area contributed by atoms with E-state index in [2.05, 4.69) is 16.0 Å². The molecule has 0 aliphatic rings. The number of amides is 3. The first-order chi connectivity index (χ1) is 14.0. The van der Waals surface area contributed by atoms with E-state index in [9.17, 15) is 34.5 Å².